The zero-order valence-electron chi connectivity index (χ0n) is 15.5. The van der Waals surface area contributed by atoms with Crippen LogP contribution in [0.25, 0.3) is 0 Å². The molecule has 0 saturated carbocycles. The molecule has 142 valence electrons. The molecule has 1 aromatic carbocycles. The lowest BCUT2D eigenvalue weighted by atomic mass is 10.3. The van der Waals surface area contributed by atoms with Crippen molar-refractivity contribution in [3.63, 3.8) is 0 Å². The van der Waals surface area contributed by atoms with Crippen molar-refractivity contribution < 1.29 is 0 Å². The predicted molar refractivity (Wildman–Crippen MR) is 120 cm³/mol. The van der Waals surface area contributed by atoms with E-state index in [1.165, 1.54) is 5.69 Å². The fourth-order valence-corrected chi connectivity index (χ4v) is 3.23. The van der Waals surface area contributed by atoms with Crippen molar-refractivity contribution in [3.05, 3.63) is 29.3 Å². The van der Waals surface area contributed by atoms with Gasteiger partial charge in [-0.3, -0.25) is 4.99 Å². The van der Waals surface area contributed by atoms with E-state index >= 15 is 0 Å². The van der Waals surface area contributed by atoms with Gasteiger partial charge in [0.05, 0.1) is 0 Å². The summed E-state index contributed by atoms with van der Waals surface area (Å²) in [4.78, 5) is 9.12. The Morgan fingerprint density at radius 1 is 1.36 bits per heavy atom. The summed E-state index contributed by atoms with van der Waals surface area (Å²) in [5, 5.41) is 7.74. The van der Waals surface area contributed by atoms with Crippen molar-refractivity contribution in [2.24, 2.45) is 4.99 Å². The summed E-state index contributed by atoms with van der Waals surface area (Å²) >= 11 is 6.10. The van der Waals surface area contributed by atoms with Crippen molar-refractivity contribution in [3.8, 4) is 0 Å². The Kier molecular flexibility index (Phi) is 10.5. The predicted octanol–water partition coefficient (Wildman–Crippen LogP) is 3.04. The van der Waals surface area contributed by atoms with Crippen molar-refractivity contribution in [1.82, 2.24) is 15.5 Å². The number of benzene rings is 1. The van der Waals surface area contributed by atoms with E-state index in [0.29, 0.717) is 6.04 Å². The van der Waals surface area contributed by atoms with Crippen LogP contribution in [-0.4, -0.2) is 63.2 Å². The molecule has 0 amide bonds. The number of hydrogen-bond donors (Lipinski definition) is 2. The van der Waals surface area contributed by atoms with Gasteiger partial charge >= 0.3 is 0 Å². The fraction of sp³-hybridized carbons (Fsp3) is 0.611. The second-order valence-electron chi connectivity index (χ2n) is 6.08. The number of anilines is 1. The molecule has 1 atom stereocenters. The van der Waals surface area contributed by atoms with E-state index in [-0.39, 0.29) is 24.0 Å². The first-order chi connectivity index (χ1) is 11.7. The van der Waals surface area contributed by atoms with Gasteiger partial charge in [-0.15, -0.1) is 24.0 Å². The van der Waals surface area contributed by atoms with Gasteiger partial charge in [0.25, 0.3) is 0 Å². The molecular weight excluding hydrogens is 449 g/mol. The molecule has 2 N–H and O–H groups in total. The summed E-state index contributed by atoms with van der Waals surface area (Å²) in [6, 6.07) is 8.47. The molecule has 7 heteroatoms. The van der Waals surface area contributed by atoms with Crippen LogP contribution >= 0.6 is 35.6 Å². The van der Waals surface area contributed by atoms with Gasteiger partial charge < -0.3 is 20.4 Å². The molecule has 1 aromatic rings. The normalized spacial score (nSPS) is 17.6. The Balaban J connectivity index is 0.00000312. The number of guanidine groups is 1. The lowest BCUT2D eigenvalue weighted by Crippen LogP contribution is -2.46. The third-order valence-corrected chi connectivity index (χ3v) is 4.78. The van der Waals surface area contributed by atoms with Gasteiger partial charge in [-0.1, -0.05) is 31.5 Å². The van der Waals surface area contributed by atoms with Crippen LogP contribution < -0.4 is 15.5 Å². The SMILES string of the molecule is CCN(CC)CCNC(=NC)NC1CCN(c2cccc(Cl)c2)C1.I. The molecule has 1 fully saturated rings. The molecule has 25 heavy (non-hydrogen) atoms. The number of rotatable bonds is 7. The first-order valence-corrected chi connectivity index (χ1v) is 9.24. The number of halogens is 2. The summed E-state index contributed by atoms with van der Waals surface area (Å²) in [7, 11) is 1.83. The zero-order valence-corrected chi connectivity index (χ0v) is 18.6. The highest BCUT2D eigenvalue weighted by molar-refractivity contribution is 14.0. The number of nitrogens with zero attached hydrogens (tertiary/aromatic N) is 3. The minimum Gasteiger partial charge on any atom is -0.369 e. The van der Waals surface area contributed by atoms with E-state index < -0.39 is 0 Å². The summed E-state index contributed by atoms with van der Waals surface area (Å²) in [5.74, 6) is 0.889. The monoisotopic (exact) mass is 479 g/mol. The van der Waals surface area contributed by atoms with Crippen molar-refractivity contribution in [2.75, 3.05) is 51.2 Å². The molecule has 1 aliphatic heterocycles. The quantitative estimate of drug-likeness (QED) is 0.358. The van der Waals surface area contributed by atoms with Crippen molar-refractivity contribution in [1.29, 1.82) is 0 Å². The second-order valence-corrected chi connectivity index (χ2v) is 6.52. The number of hydrogen-bond acceptors (Lipinski definition) is 3. The van der Waals surface area contributed by atoms with E-state index in [0.717, 1.165) is 56.7 Å². The smallest absolute Gasteiger partial charge is 0.191 e. The van der Waals surface area contributed by atoms with Crippen LogP contribution in [0.1, 0.15) is 20.3 Å². The lowest BCUT2D eigenvalue weighted by molar-refractivity contribution is 0.308. The third kappa shape index (κ3) is 7.19. The van der Waals surface area contributed by atoms with E-state index in [2.05, 4.69) is 45.3 Å². The molecular formula is C18H31ClIN5. The molecule has 0 radical (unpaired) electrons. The van der Waals surface area contributed by atoms with Gasteiger partial charge in [0, 0.05) is 50.0 Å². The maximum absolute atomic E-state index is 6.10. The van der Waals surface area contributed by atoms with Gasteiger partial charge in [0.2, 0.25) is 0 Å². The molecule has 0 aromatic heterocycles. The highest BCUT2D eigenvalue weighted by Gasteiger charge is 2.23. The Hall–Kier alpha value is -0.730. The van der Waals surface area contributed by atoms with Gasteiger partial charge in [-0.05, 0) is 37.7 Å². The summed E-state index contributed by atoms with van der Waals surface area (Å²) in [5.41, 5.74) is 1.19. The van der Waals surface area contributed by atoms with Gasteiger partial charge in [-0.25, -0.2) is 0 Å². The second kappa shape index (κ2) is 11.8. The maximum atomic E-state index is 6.10. The van der Waals surface area contributed by atoms with E-state index in [1.54, 1.807) is 0 Å². The molecule has 0 bridgehead atoms. The Morgan fingerprint density at radius 2 is 2.12 bits per heavy atom. The third-order valence-electron chi connectivity index (χ3n) is 4.54. The first kappa shape index (κ1) is 22.3. The van der Waals surface area contributed by atoms with Crippen molar-refractivity contribution >= 4 is 47.2 Å². The molecule has 1 unspecified atom stereocenters. The van der Waals surface area contributed by atoms with Crippen LogP contribution in [0.4, 0.5) is 5.69 Å². The molecule has 1 heterocycles. The van der Waals surface area contributed by atoms with Gasteiger partial charge in [0.1, 0.15) is 0 Å². The average molecular weight is 480 g/mol. The minimum absolute atomic E-state index is 0. The number of nitrogens with one attached hydrogen (secondary N) is 2. The van der Waals surface area contributed by atoms with Crippen LogP contribution in [0, 0.1) is 0 Å². The Bertz CT molecular complexity index is 536. The summed E-state index contributed by atoms with van der Waals surface area (Å²) < 4.78 is 0. The summed E-state index contributed by atoms with van der Waals surface area (Å²) in [6.07, 6.45) is 1.10. The highest BCUT2D eigenvalue weighted by Crippen LogP contribution is 2.23. The minimum atomic E-state index is 0. The van der Waals surface area contributed by atoms with Crippen LogP contribution in [0.15, 0.2) is 29.3 Å². The van der Waals surface area contributed by atoms with Gasteiger partial charge in [0.15, 0.2) is 5.96 Å². The molecule has 0 aliphatic carbocycles. The average Bonchev–Trinajstić information content (AvgIpc) is 3.06. The highest BCUT2D eigenvalue weighted by atomic mass is 127. The standard InChI is InChI=1S/C18H30ClN5.HI/c1-4-23(5-2)12-10-21-18(20-3)22-16-9-11-24(14-16)17-8-6-7-15(19)13-17;/h6-8,13,16H,4-5,9-12,14H2,1-3H3,(H2,20,21,22);1H. The van der Waals surface area contributed by atoms with Crippen LogP contribution in [0.3, 0.4) is 0 Å². The molecule has 1 saturated heterocycles. The Morgan fingerprint density at radius 3 is 2.76 bits per heavy atom. The molecule has 1 aliphatic rings. The van der Waals surface area contributed by atoms with E-state index in [4.69, 9.17) is 11.6 Å². The number of likely N-dealkylation sites (N-methyl/N-ethyl adjacent to an activating group) is 1. The zero-order chi connectivity index (χ0) is 17.4. The van der Waals surface area contributed by atoms with Crippen LogP contribution in [-0.2, 0) is 0 Å². The van der Waals surface area contributed by atoms with Gasteiger partial charge in [-0.2, -0.15) is 0 Å². The largest absolute Gasteiger partial charge is 0.369 e. The Labute approximate surface area is 174 Å². The molecule has 0 spiro atoms. The molecule has 5 nitrogen and oxygen atoms in total. The van der Waals surface area contributed by atoms with Crippen LogP contribution in [0.5, 0.6) is 0 Å². The van der Waals surface area contributed by atoms with Crippen LogP contribution in [0.2, 0.25) is 5.02 Å². The topological polar surface area (TPSA) is 42.9 Å². The fourth-order valence-electron chi connectivity index (χ4n) is 3.05. The molecule has 2 rings (SSSR count). The maximum Gasteiger partial charge on any atom is 0.191 e. The summed E-state index contributed by atoms with van der Waals surface area (Å²) in [6.45, 7) is 10.5. The van der Waals surface area contributed by atoms with Crippen molar-refractivity contribution in [2.45, 2.75) is 26.3 Å². The van der Waals surface area contributed by atoms with E-state index in [9.17, 15) is 0 Å². The first-order valence-electron chi connectivity index (χ1n) is 8.86. The van der Waals surface area contributed by atoms with E-state index in [1.807, 2.05) is 25.2 Å². The number of aliphatic imine (C=N–C) groups is 1. The lowest BCUT2D eigenvalue weighted by Gasteiger charge is -2.22.